The average molecular weight is 505 g/mol. The van der Waals surface area contributed by atoms with Crippen LogP contribution in [0.5, 0.6) is 0 Å². The van der Waals surface area contributed by atoms with E-state index in [0.29, 0.717) is 46.5 Å². The number of benzene rings is 2. The first-order valence-corrected chi connectivity index (χ1v) is 11.9. The average Bonchev–Trinajstić information content (AvgIpc) is 3.25. The molecule has 9 nitrogen and oxygen atoms in total. The van der Waals surface area contributed by atoms with Crippen molar-refractivity contribution in [2.45, 2.75) is 20.0 Å². The summed E-state index contributed by atoms with van der Waals surface area (Å²) in [5.41, 5.74) is 1.93. The molecular weight excluding hydrogens is 480 g/mol. The van der Waals surface area contributed by atoms with Crippen LogP contribution >= 0.6 is 11.6 Å². The number of aryl methyl sites for hydroxylation is 1. The van der Waals surface area contributed by atoms with E-state index in [1.807, 2.05) is 33.7 Å². The van der Waals surface area contributed by atoms with Crippen LogP contribution in [0, 0.1) is 5.92 Å². The van der Waals surface area contributed by atoms with Gasteiger partial charge in [-0.2, -0.15) is 4.98 Å². The minimum absolute atomic E-state index is 0.0615. The number of halogens is 1. The first-order chi connectivity index (χ1) is 17.3. The lowest BCUT2D eigenvalue weighted by Gasteiger charge is -2.33. The highest BCUT2D eigenvalue weighted by Gasteiger charge is 2.30. The lowest BCUT2D eigenvalue weighted by molar-refractivity contribution is -0.111. The lowest BCUT2D eigenvalue weighted by atomic mass is 10.1. The molecule has 2 aromatic heterocycles. The molecule has 5 rings (SSSR count). The first kappa shape index (κ1) is 23.6. The molecule has 1 N–H and O–H groups in total. The number of nitrogens with zero attached hydrogens (tertiary/aromatic N) is 5. The second-order valence-electron chi connectivity index (χ2n) is 8.98. The summed E-state index contributed by atoms with van der Waals surface area (Å²) in [6.07, 6.45) is 1.21. The molecule has 1 atom stereocenters. The molecule has 36 heavy (non-hydrogen) atoms. The van der Waals surface area contributed by atoms with Crippen molar-refractivity contribution in [1.82, 2.24) is 18.7 Å². The Morgan fingerprint density at radius 1 is 1.19 bits per heavy atom. The molecule has 0 aliphatic carbocycles. The van der Waals surface area contributed by atoms with Gasteiger partial charge < -0.3 is 14.8 Å². The van der Waals surface area contributed by atoms with Gasteiger partial charge in [-0.15, -0.1) is 0 Å². The van der Waals surface area contributed by atoms with Crippen LogP contribution in [0.1, 0.15) is 12.5 Å². The maximum Gasteiger partial charge on any atom is 0.332 e. The number of imidazole rings is 1. The van der Waals surface area contributed by atoms with Gasteiger partial charge in [-0.3, -0.25) is 18.7 Å². The molecule has 0 saturated heterocycles. The van der Waals surface area contributed by atoms with E-state index in [1.54, 1.807) is 31.3 Å². The Balaban J connectivity index is 1.66. The topological polar surface area (TPSA) is 94.2 Å². The van der Waals surface area contributed by atoms with Crippen molar-refractivity contribution in [3.05, 3.63) is 92.6 Å². The highest BCUT2D eigenvalue weighted by molar-refractivity contribution is 6.31. The van der Waals surface area contributed by atoms with Crippen LogP contribution in [-0.2, 0) is 24.9 Å². The van der Waals surface area contributed by atoms with Gasteiger partial charge in [0.1, 0.15) is 0 Å². The Morgan fingerprint density at radius 2 is 1.97 bits per heavy atom. The predicted molar refractivity (Wildman–Crippen MR) is 141 cm³/mol. The second-order valence-corrected chi connectivity index (χ2v) is 9.39. The summed E-state index contributed by atoms with van der Waals surface area (Å²) in [7, 11) is 1.62. The summed E-state index contributed by atoms with van der Waals surface area (Å²) in [5, 5.41) is 3.26. The second kappa shape index (κ2) is 9.16. The number of rotatable bonds is 5. The molecule has 0 spiro atoms. The van der Waals surface area contributed by atoms with E-state index in [0.717, 1.165) is 5.69 Å². The third-order valence-electron chi connectivity index (χ3n) is 6.34. The Bertz CT molecular complexity index is 1630. The van der Waals surface area contributed by atoms with Crippen molar-refractivity contribution in [1.29, 1.82) is 0 Å². The maximum atomic E-state index is 13.7. The summed E-state index contributed by atoms with van der Waals surface area (Å²) in [4.78, 5) is 45.4. The zero-order valence-electron chi connectivity index (χ0n) is 19.9. The van der Waals surface area contributed by atoms with Crippen LogP contribution in [-0.4, -0.2) is 31.1 Å². The highest BCUT2D eigenvalue weighted by atomic mass is 35.5. The molecule has 1 aliphatic rings. The van der Waals surface area contributed by atoms with E-state index in [9.17, 15) is 14.4 Å². The smallest absolute Gasteiger partial charge is 0.322 e. The summed E-state index contributed by atoms with van der Waals surface area (Å²) < 4.78 is 4.49. The van der Waals surface area contributed by atoms with Gasteiger partial charge in [0.05, 0.1) is 6.54 Å². The monoisotopic (exact) mass is 504 g/mol. The molecule has 184 valence electrons. The van der Waals surface area contributed by atoms with Gasteiger partial charge in [0.15, 0.2) is 11.2 Å². The van der Waals surface area contributed by atoms with E-state index in [1.165, 1.54) is 15.2 Å². The fraction of sp³-hybridized carbons (Fsp3) is 0.231. The fourth-order valence-corrected chi connectivity index (χ4v) is 4.80. The molecule has 10 heteroatoms. The summed E-state index contributed by atoms with van der Waals surface area (Å²) in [6.45, 7) is 6.88. The minimum atomic E-state index is -0.461. The van der Waals surface area contributed by atoms with Crippen molar-refractivity contribution < 1.29 is 4.79 Å². The van der Waals surface area contributed by atoms with Gasteiger partial charge in [0, 0.05) is 36.5 Å². The van der Waals surface area contributed by atoms with Gasteiger partial charge in [0.2, 0.25) is 11.9 Å². The number of anilines is 3. The zero-order valence-corrected chi connectivity index (χ0v) is 20.7. The molecule has 1 amide bonds. The normalized spacial score (nSPS) is 15.1. The number of aromatic nitrogens is 4. The Morgan fingerprint density at radius 3 is 2.72 bits per heavy atom. The van der Waals surface area contributed by atoms with Gasteiger partial charge in [-0.25, -0.2) is 4.79 Å². The molecule has 4 aromatic rings. The van der Waals surface area contributed by atoms with Crippen LogP contribution < -0.4 is 21.5 Å². The molecule has 0 fully saturated rings. The Hall–Kier alpha value is -4.11. The van der Waals surface area contributed by atoms with Crippen molar-refractivity contribution in [2.24, 2.45) is 13.0 Å². The highest BCUT2D eigenvalue weighted by Crippen LogP contribution is 2.34. The van der Waals surface area contributed by atoms with Crippen LogP contribution in [0.15, 0.2) is 70.8 Å². The van der Waals surface area contributed by atoms with E-state index in [-0.39, 0.29) is 18.4 Å². The number of carbonyl (C=O) groups is 1. The van der Waals surface area contributed by atoms with Crippen molar-refractivity contribution in [3.8, 4) is 0 Å². The number of hydrogen-bond donors (Lipinski definition) is 1. The predicted octanol–water partition coefficient (Wildman–Crippen LogP) is 3.51. The van der Waals surface area contributed by atoms with Crippen LogP contribution in [0.3, 0.4) is 0 Å². The number of fused-ring (bicyclic) bond motifs is 3. The van der Waals surface area contributed by atoms with Gasteiger partial charge in [-0.1, -0.05) is 49.4 Å². The zero-order chi connectivity index (χ0) is 25.6. The Kier molecular flexibility index (Phi) is 6.01. The number of hydrogen-bond acceptors (Lipinski definition) is 5. The molecular formula is C26H25ClN6O3. The maximum absolute atomic E-state index is 13.7. The molecule has 0 saturated carbocycles. The number of nitrogens with one attached hydrogen (secondary N) is 1. The van der Waals surface area contributed by atoms with Gasteiger partial charge in [-0.05, 0) is 41.8 Å². The van der Waals surface area contributed by atoms with Crippen LogP contribution in [0.4, 0.5) is 17.3 Å². The summed E-state index contributed by atoms with van der Waals surface area (Å²) >= 11 is 6.31. The fourth-order valence-electron chi connectivity index (χ4n) is 4.60. The van der Waals surface area contributed by atoms with Gasteiger partial charge in [0.25, 0.3) is 5.56 Å². The number of amides is 1. The van der Waals surface area contributed by atoms with Crippen molar-refractivity contribution in [2.75, 3.05) is 16.8 Å². The largest absolute Gasteiger partial charge is 0.332 e. The molecule has 2 aromatic carbocycles. The standard InChI is InChI=1S/C26H25ClN6O3/c1-4-21(34)28-18-9-7-10-19(12-18)31-13-16(2)14-32-22-23(29-25(31)32)30(3)26(36)33(24(22)35)15-17-8-5-6-11-20(17)27/h4-12,16H,1,13-15H2,2-3H3,(H,28,34). The number of carbonyl (C=O) groups excluding carboxylic acids is 1. The van der Waals surface area contributed by atoms with E-state index >= 15 is 0 Å². The molecule has 0 bridgehead atoms. The van der Waals surface area contributed by atoms with Gasteiger partial charge >= 0.3 is 5.69 Å². The van der Waals surface area contributed by atoms with Crippen LogP contribution in [0.25, 0.3) is 11.2 Å². The summed E-state index contributed by atoms with van der Waals surface area (Å²) in [5.74, 6) is 0.452. The quantitative estimate of drug-likeness (QED) is 0.420. The van der Waals surface area contributed by atoms with Crippen LogP contribution in [0.2, 0.25) is 5.02 Å². The lowest BCUT2D eigenvalue weighted by Crippen LogP contribution is -2.40. The molecule has 3 heterocycles. The molecule has 1 aliphatic heterocycles. The Labute approximate surface area is 211 Å². The molecule has 0 radical (unpaired) electrons. The van der Waals surface area contributed by atoms with Crippen molar-refractivity contribution in [3.63, 3.8) is 0 Å². The van der Waals surface area contributed by atoms with E-state index in [4.69, 9.17) is 16.6 Å². The van der Waals surface area contributed by atoms with Crippen molar-refractivity contribution >= 4 is 46.0 Å². The first-order valence-electron chi connectivity index (χ1n) is 11.5. The van der Waals surface area contributed by atoms with E-state index < -0.39 is 11.2 Å². The molecule has 1 unspecified atom stereocenters. The third-order valence-corrected chi connectivity index (χ3v) is 6.71. The third kappa shape index (κ3) is 4.01. The summed E-state index contributed by atoms with van der Waals surface area (Å²) in [6, 6.07) is 14.5. The van der Waals surface area contributed by atoms with E-state index in [2.05, 4.69) is 18.8 Å². The SMILES string of the molecule is C=CC(=O)Nc1cccc(N2CC(C)Cn3c2nc2c3c(=O)n(Cc3ccccc3Cl)c(=O)n2C)c1. The minimum Gasteiger partial charge on any atom is -0.322 e.